The minimum absolute atomic E-state index is 0.0915. The van der Waals surface area contributed by atoms with Crippen LogP contribution in [0.3, 0.4) is 0 Å². The molecule has 2 aliphatic carbocycles. The van der Waals surface area contributed by atoms with Gasteiger partial charge in [0.15, 0.2) is 0 Å². The highest BCUT2D eigenvalue weighted by Gasteiger charge is 2.33. The zero-order chi connectivity index (χ0) is 24.1. The van der Waals surface area contributed by atoms with Gasteiger partial charge in [0, 0.05) is 29.2 Å². The molecule has 0 atom stereocenters. The summed E-state index contributed by atoms with van der Waals surface area (Å²) >= 11 is 0. The molecular formula is C27H34BF4NP-. The molecule has 1 heterocycles. The molecule has 0 saturated heterocycles. The molecule has 2 aliphatic rings. The monoisotopic (exact) mass is 490 g/mol. The van der Waals surface area contributed by atoms with Gasteiger partial charge in [-0.15, -0.1) is 0 Å². The molecule has 2 saturated carbocycles. The van der Waals surface area contributed by atoms with Crippen LogP contribution in [0.15, 0.2) is 54.6 Å². The second kappa shape index (κ2) is 11.3. The number of halogens is 4. The van der Waals surface area contributed by atoms with Gasteiger partial charge in [-0.2, -0.15) is 0 Å². The topological polar surface area (TPSA) is 4.93 Å². The van der Waals surface area contributed by atoms with E-state index in [4.69, 9.17) is 0 Å². The van der Waals surface area contributed by atoms with Crippen molar-refractivity contribution in [3.8, 4) is 11.3 Å². The highest BCUT2D eigenvalue weighted by atomic mass is 31.1. The molecule has 34 heavy (non-hydrogen) atoms. The number of aromatic nitrogens is 1. The van der Waals surface area contributed by atoms with E-state index in [0.29, 0.717) is 0 Å². The summed E-state index contributed by atoms with van der Waals surface area (Å²) in [6.45, 7) is 0. The number of benzene rings is 2. The Hall–Kier alpha value is -1.81. The van der Waals surface area contributed by atoms with E-state index in [0.717, 1.165) is 11.3 Å². The van der Waals surface area contributed by atoms with Crippen molar-refractivity contribution in [2.75, 3.05) is 0 Å². The quantitative estimate of drug-likeness (QED) is 0.196. The van der Waals surface area contributed by atoms with E-state index in [1.807, 2.05) is 0 Å². The zero-order valence-electron chi connectivity index (χ0n) is 19.9. The maximum atomic E-state index is 9.75. The van der Waals surface area contributed by atoms with Crippen molar-refractivity contribution < 1.29 is 17.3 Å². The Labute approximate surface area is 201 Å². The Morgan fingerprint density at radius 1 is 0.735 bits per heavy atom. The van der Waals surface area contributed by atoms with Crippen molar-refractivity contribution in [3.05, 3.63) is 54.6 Å². The van der Waals surface area contributed by atoms with Gasteiger partial charge in [0.2, 0.25) is 0 Å². The summed E-state index contributed by atoms with van der Waals surface area (Å²) in [5.74, 6) is 0. The Morgan fingerprint density at radius 3 is 1.79 bits per heavy atom. The summed E-state index contributed by atoms with van der Waals surface area (Å²) in [5, 5.41) is 3.06. The molecule has 0 aliphatic heterocycles. The lowest BCUT2D eigenvalue weighted by Gasteiger charge is -2.39. The first-order valence-corrected chi connectivity index (χ1v) is 14.1. The van der Waals surface area contributed by atoms with Crippen LogP contribution in [0, 0.1) is 0 Å². The van der Waals surface area contributed by atoms with Crippen LogP contribution in [-0.4, -0.2) is 23.1 Å². The van der Waals surface area contributed by atoms with Gasteiger partial charge in [-0.25, -0.2) is 0 Å². The normalized spacial score (nSPS) is 18.2. The van der Waals surface area contributed by atoms with E-state index in [2.05, 4.69) is 66.2 Å². The fourth-order valence-electron chi connectivity index (χ4n) is 5.87. The molecule has 2 fully saturated rings. The Balaban J connectivity index is 0.000000499. The van der Waals surface area contributed by atoms with Crippen molar-refractivity contribution in [2.24, 2.45) is 7.05 Å². The Morgan fingerprint density at radius 2 is 1.24 bits per heavy atom. The number of rotatable bonds is 4. The lowest BCUT2D eigenvalue weighted by Crippen LogP contribution is -2.27. The van der Waals surface area contributed by atoms with Crippen LogP contribution < -0.4 is 5.30 Å². The largest absolute Gasteiger partial charge is 0.673 e. The average Bonchev–Trinajstić information content (AvgIpc) is 3.16. The van der Waals surface area contributed by atoms with Crippen molar-refractivity contribution in [1.82, 2.24) is 4.57 Å². The molecule has 7 heteroatoms. The fourth-order valence-corrected chi connectivity index (χ4v) is 9.82. The molecule has 5 rings (SSSR count). The van der Waals surface area contributed by atoms with Gasteiger partial charge in [-0.3, -0.25) is 0 Å². The van der Waals surface area contributed by atoms with Crippen molar-refractivity contribution in [1.29, 1.82) is 0 Å². The van der Waals surface area contributed by atoms with E-state index in [1.165, 1.54) is 86.4 Å². The van der Waals surface area contributed by atoms with Crippen molar-refractivity contribution >= 4 is 31.4 Å². The highest BCUT2D eigenvalue weighted by Crippen LogP contribution is 2.56. The molecule has 0 unspecified atom stereocenters. The third kappa shape index (κ3) is 6.25. The third-order valence-corrected chi connectivity index (χ3v) is 10.9. The second-order valence-electron chi connectivity index (χ2n) is 9.65. The first kappa shape index (κ1) is 25.3. The minimum atomic E-state index is -6.00. The predicted octanol–water partition coefficient (Wildman–Crippen LogP) is 8.92. The molecular weight excluding hydrogens is 456 g/mol. The van der Waals surface area contributed by atoms with Crippen LogP contribution in [-0.2, 0) is 7.05 Å². The van der Waals surface area contributed by atoms with Gasteiger partial charge in [0.1, 0.15) is 0 Å². The van der Waals surface area contributed by atoms with E-state index in [9.17, 15) is 17.3 Å². The van der Waals surface area contributed by atoms with Crippen LogP contribution in [0.25, 0.3) is 22.2 Å². The molecule has 2 aromatic carbocycles. The summed E-state index contributed by atoms with van der Waals surface area (Å²) < 4.78 is 41.4. The van der Waals surface area contributed by atoms with Gasteiger partial charge < -0.3 is 21.8 Å². The molecule has 184 valence electrons. The van der Waals surface area contributed by atoms with Crippen molar-refractivity contribution in [3.63, 3.8) is 0 Å². The van der Waals surface area contributed by atoms with Crippen molar-refractivity contribution in [2.45, 2.75) is 75.5 Å². The third-order valence-electron chi connectivity index (χ3n) is 7.35. The molecule has 0 radical (unpaired) electrons. The summed E-state index contributed by atoms with van der Waals surface area (Å²) in [4.78, 5) is 0. The first-order valence-electron chi connectivity index (χ1n) is 12.6. The predicted molar refractivity (Wildman–Crippen MR) is 139 cm³/mol. The molecule has 3 aromatic rings. The lowest BCUT2D eigenvalue weighted by atomic mass is 9.99. The smallest absolute Gasteiger partial charge is 0.418 e. The zero-order valence-corrected chi connectivity index (χ0v) is 20.8. The summed E-state index contributed by atoms with van der Waals surface area (Å²) in [5.41, 5.74) is 6.14. The van der Waals surface area contributed by atoms with E-state index >= 15 is 0 Å². The Bertz CT molecular complexity index is 1040. The van der Waals surface area contributed by atoms with Gasteiger partial charge in [-0.05, 0) is 54.4 Å². The summed E-state index contributed by atoms with van der Waals surface area (Å²) in [7, 11) is -3.84. The molecule has 0 spiro atoms. The highest BCUT2D eigenvalue weighted by molar-refractivity contribution is 7.67. The maximum absolute atomic E-state index is 9.75. The van der Waals surface area contributed by atoms with Gasteiger partial charge in [0.25, 0.3) is 0 Å². The first-order chi connectivity index (χ1) is 16.3. The van der Waals surface area contributed by atoms with Gasteiger partial charge >= 0.3 is 7.25 Å². The van der Waals surface area contributed by atoms with Gasteiger partial charge in [-0.1, -0.05) is 88.9 Å². The number of para-hydroxylation sites is 1. The lowest BCUT2D eigenvalue weighted by molar-refractivity contribution is 0.368. The number of hydrogen-bond donors (Lipinski definition) is 0. The molecule has 1 nitrogen and oxygen atoms in total. The van der Waals surface area contributed by atoms with Crippen LogP contribution in [0.1, 0.15) is 64.2 Å². The standard InChI is InChI=1S/C27H34NP.BF4/c1-28-25-18-10-8-12-21(25)20-26(28)24-17-9-11-19-27(24)29(22-13-4-2-5-14-22)23-15-6-3-7-16-23;2-1(3,4)5/h8-12,17-20,22-23H,2-7,13-16H2,1H3;/q;-1. The number of aryl methyl sites for hydroxylation is 1. The summed E-state index contributed by atoms with van der Waals surface area (Å²) in [6.07, 6.45) is 14.6. The second-order valence-corrected chi connectivity index (χ2v) is 12.4. The van der Waals surface area contributed by atoms with Crippen LogP contribution >= 0.6 is 7.92 Å². The van der Waals surface area contributed by atoms with Crippen LogP contribution in [0.4, 0.5) is 17.3 Å². The number of nitrogens with zero attached hydrogens (tertiary/aromatic N) is 1. The molecule has 1 aromatic heterocycles. The van der Waals surface area contributed by atoms with Crippen LogP contribution in [0.5, 0.6) is 0 Å². The molecule has 0 N–H and O–H groups in total. The Kier molecular flexibility index (Phi) is 8.40. The van der Waals surface area contributed by atoms with Gasteiger partial charge in [0.05, 0.1) is 0 Å². The maximum Gasteiger partial charge on any atom is 0.673 e. The summed E-state index contributed by atoms with van der Waals surface area (Å²) in [6, 6.07) is 20.7. The van der Waals surface area contributed by atoms with E-state index in [1.54, 1.807) is 5.30 Å². The van der Waals surface area contributed by atoms with E-state index in [-0.39, 0.29) is 7.92 Å². The number of fused-ring (bicyclic) bond motifs is 1. The fraction of sp³-hybridized carbons (Fsp3) is 0.481. The van der Waals surface area contributed by atoms with E-state index < -0.39 is 7.25 Å². The SMILES string of the molecule is Cn1c(-c2ccccc2P(C2CCCCC2)C2CCCCC2)cc2ccccc21.F[B-](F)(F)F. The average molecular weight is 490 g/mol. The minimum Gasteiger partial charge on any atom is -0.418 e. The van der Waals surface area contributed by atoms with Crippen LogP contribution in [0.2, 0.25) is 0 Å². The molecule has 0 bridgehead atoms. The molecule has 0 amide bonds. The number of hydrogen-bond acceptors (Lipinski definition) is 0.